The van der Waals surface area contributed by atoms with Gasteiger partial charge in [-0.3, -0.25) is 4.79 Å². The molecule has 0 radical (unpaired) electrons. The maximum atomic E-state index is 12.4. The van der Waals surface area contributed by atoms with Gasteiger partial charge in [0.25, 0.3) is 5.91 Å². The van der Waals surface area contributed by atoms with Crippen LogP contribution in [0.1, 0.15) is 50.9 Å². The van der Waals surface area contributed by atoms with E-state index in [9.17, 15) is 4.79 Å². The Morgan fingerprint density at radius 3 is 2.42 bits per heavy atom. The van der Waals surface area contributed by atoms with Crippen molar-refractivity contribution < 1.29 is 9.53 Å². The molecule has 0 saturated carbocycles. The summed E-state index contributed by atoms with van der Waals surface area (Å²) in [5.41, 5.74) is 0.845. The van der Waals surface area contributed by atoms with E-state index in [1.165, 1.54) is 12.8 Å². The number of rotatable bonds is 6. The quantitative estimate of drug-likeness (QED) is 0.819. The highest BCUT2D eigenvalue weighted by atomic mass is 35.5. The highest BCUT2D eigenvalue weighted by molar-refractivity contribution is 5.94. The minimum absolute atomic E-state index is 0. The molecule has 24 heavy (non-hydrogen) atoms. The van der Waals surface area contributed by atoms with Crippen LogP contribution in [0, 0.1) is 11.3 Å². The maximum absolute atomic E-state index is 12.4. The minimum atomic E-state index is -0.00769. The van der Waals surface area contributed by atoms with Gasteiger partial charge in [-0.1, -0.05) is 13.8 Å². The van der Waals surface area contributed by atoms with E-state index in [0.29, 0.717) is 11.5 Å². The molecule has 1 aliphatic heterocycles. The molecule has 1 aromatic rings. The monoisotopic (exact) mass is 354 g/mol. The van der Waals surface area contributed by atoms with Gasteiger partial charge in [-0.15, -0.1) is 12.4 Å². The Balaban J connectivity index is 0.00000288. The van der Waals surface area contributed by atoms with Crippen molar-refractivity contribution in [3.63, 3.8) is 0 Å². The van der Waals surface area contributed by atoms with Crippen LogP contribution in [-0.2, 0) is 0 Å². The molecule has 2 rings (SSSR count). The highest BCUT2D eigenvalue weighted by Gasteiger charge is 2.35. The number of benzene rings is 1. The SMILES string of the molecule is CC(C)Oc1ccc(C(=O)NCC2(C(C)C)CCCNC2)cc1.Cl. The van der Waals surface area contributed by atoms with Crippen molar-refractivity contribution in [1.82, 2.24) is 10.6 Å². The number of amides is 1. The summed E-state index contributed by atoms with van der Waals surface area (Å²) in [5, 5.41) is 6.61. The zero-order valence-corrected chi connectivity index (χ0v) is 16.0. The Hall–Kier alpha value is -1.26. The summed E-state index contributed by atoms with van der Waals surface area (Å²) >= 11 is 0. The average Bonchev–Trinajstić information content (AvgIpc) is 2.53. The summed E-state index contributed by atoms with van der Waals surface area (Å²) in [4.78, 5) is 12.4. The van der Waals surface area contributed by atoms with Crippen LogP contribution in [0.2, 0.25) is 0 Å². The molecule has 4 nitrogen and oxygen atoms in total. The molecular formula is C19H31ClN2O2. The predicted octanol–water partition coefficient (Wildman–Crippen LogP) is 3.65. The number of ether oxygens (including phenoxy) is 1. The Morgan fingerprint density at radius 1 is 1.25 bits per heavy atom. The van der Waals surface area contributed by atoms with Gasteiger partial charge in [-0.25, -0.2) is 0 Å². The van der Waals surface area contributed by atoms with Crippen LogP contribution >= 0.6 is 12.4 Å². The van der Waals surface area contributed by atoms with Crippen molar-refractivity contribution in [1.29, 1.82) is 0 Å². The first kappa shape index (κ1) is 20.8. The first-order valence-corrected chi connectivity index (χ1v) is 8.68. The summed E-state index contributed by atoms with van der Waals surface area (Å²) in [6.45, 7) is 11.3. The van der Waals surface area contributed by atoms with Gasteiger partial charge in [-0.05, 0) is 63.4 Å². The summed E-state index contributed by atoms with van der Waals surface area (Å²) in [6, 6.07) is 7.37. The number of carbonyl (C=O) groups excluding carboxylic acids is 1. The van der Waals surface area contributed by atoms with Crippen LogP contribution < -0.4 is 15.4 Å². The second kappa shape index (κ2) is 9.28. The second-order valence-electron chi connectivity index (χ2n) is 7.17. The third-order valence-electron chi connectivity index (χ3n) is 4.82. The molecule has 0 bridgehead atoms. The maximum Gasteiger partial charge on any atom is 0.251 e. The standard InChI is InChI=1S/C19H30N2O2.ClH/c1-14(2)19(10-5-11-20-12-19)13-21-18(22)16-6-8-17(9-7-16)23-15(3)4;/h6-9,14-15,20H,5,10-13H2,1-4H3,(H,21,22);1H. The van der Waals surface area contributed by atoms with Gasteiger partial charge in [-0.2, -0.15) is 0 Å². The summed E-state index contributed by atoms with van der Waals surface area (Å²) in [6.07, 6.45) is 2.48. The number of nitrogens with one attached hydrogen (secondary N) is 2. The van der Waals surface area contributed by atoms with E-state index in [2.05, 4.69) is 24.5 Å². The van der Waals surface area contributed by atoms with Gasteiger partial charge in [0.2, 0.25) is 0 Å². The Labute approximate surface area is 152 Å². The number of hydrogen-bond acceptors (Lipinski definition) is 3. The molecule has 1 amide bonds. The van der Waals surface area contributed by atoms with Crippen LogP contribution in [0.25, 0.3) is 0 Å². The first-order valence-electron chi connectivity index (χ1n) is 8.68. The molecule has 2 N–H and O–H groups in total. The third kappa shape index (κ3) is 5.38. The van der Waals surface area contributed by atoms with E-state index in [1.54, 1.807) is 0 Å². The molecule has 1 aliphatic rings. The fourth-order valence-corrected chi connectivity index (χ4v) is 3.15. The number of halogens is 1. The largest absolute Gasteiger partial charge is 0.491 e. The Kier molecular flexibility index (Phi) is 8.04. The predicted molar refractivity (Wildman–Crippen MR) is 101 cm³/mol. The van der Waals surface area contributed by atoms with Crippen molar-refractivity contribution in [2.24, 2.45) is 11.3 Å². The summed E-state index contributed by atoms with van der Waals surface area (Å²) < 4.78 is 5.61. The molecule has 1 fully saturated rings. The summed E-state index contributed by atoms with van der Waals surface area (Å²) in [5.74, 6) is 1.33. The number of carbonyl (C=O) groups is 1. The van der Waals surface area contributed by atoms with Gasteiger partial charge in [0.15, 0.2) is 0 Å². The van der Waals surface area contributed by atoms with Gasteiger partial charge in [0.1, 0.15) is 5.75 Å². The van der Waals surface area contributed by atoms with Crippen LogP contribution in [0.4, 0.5) is 0 Å². The fourth-order valence-electron chi connectivity index (χ4n) is 3.15. The Bertz CT molecular complexity index is 509. The zero-order valence-electron chi connectivity index (χ0n) is 15.2. The van der Waals surface area contributed by atoms with Crippen molar-refractivity contribution >= 4 is 18.3 Å². The number of piperidine rings is 1. The lowest BCUT2D eigenvalue weighted by atomic mass is 9.72. The normalized spacial score (nSPS) is 20.6. The van der Waals surface area contributed by atoms with Crippen LogP contribution in [-0.4, -0.2) is 31.6 Å². The minimum Gasteiger partial charge on any atom is -0.491 e. The molecule has 5 heteroatoms. The molecule has 1 saturated heterocycles. The van der Waals surface area contributed by atoms with E-state index in [1.807, 2.05) is 38.1 Å². The van der Waals surface area contributed by atoms with Crippen molar-refractivity contribution in [3.8, 4) is 5.75 Å². The van der Waals surface area contributed by atoms with Gasteiger partial charge in [0, 0.05) is 24.1 Å². The molecular weight excluding hydrogens is 324 g/mol. The van der Waals surface area contributed by atoms with Crippen molar-refractivity contribution in [2.75, 3.05) is 19.6 Å². The van der Waals surface area contributed by atoms with Crippen LogP contribution in [0.15, 0.2) is 24.3 Å². The molecule has 1 atom stereocenters. The second-order valence-corrected chi connectivity index (χ2v) is 7.17. The van der Waals surface area contributed by atoms with Crippen LogP contribution in [0.3, 0.4) is 0 Å². The van der Waals surface area contributed by atoms with Gasteiger partial charge >= 0.3 is 0 Å². The lowest BCUT2D eigenvalue weighted by Crippen LogP contribution is -2.50. The van der Waals surface area contributed by atoms with E-state index in [0.717, 1.165) is 25.4 Å². The molecule has 1 unspecified atom stereocenters. The molecule has 0 spiro atoms. The lowest BCUT2D eigenvalue weighted by molar-refractivity contribution is 0.0868. The molecule has 1 heterocycles. The Morgan fingerprint density at radius 2 is 1.92 bits per heavy atom. The van der Waals surface area contributed by atoms with Crippen LogP contribution in [0.5, 0.6) is 5.75 Å². The smallest absolute Gasteiger partial charge is 0.251 e. The number of hydrogen-bond donors (Lipinski definition) is 2. The third-order valence-corrected chi connectivity index (χ3v) is 4.82. The van der Waals surface area contributed by atoms with E-state index in [-0.39, 0.29) is 29.8 Å². The van der Waals surface area contributed by atoms with Gasteiger partial charge in [0.05, 0.1) is 6.10 Å². The molecule has 0 aliphatic carbocycles. The van der Waals surface area contributed by atoms with E-state index >= 15 is 0 Å². The average molecular weight is 355 g/mol. The fraction of sp³-hybridized carbons (Fsp3) is 0.632. The zero-order chi connectivity index (χ0) is 16.9. The van der Waals surface area contributed by atoms with Crippen molar-refractivity contribution in [2.45, 2.75) is 46.6 Å². The summed E-state index contributed by atoms with van der Waals surface area (Å²) in [7, 11) is 0. The van der Waals surface area contributed by atoms with Crippen molar-refractivity contribution in [3.05, 3.63) is 29.8 Å². The lowest BCUT2D eigenvalue weighted by Gasteiger charge is -2.41. The highest BCUT2D eigenvalue weighted by Crippen LogP contribution is 2.33. The van der Waals surface area contributed by atoms with Gasteiger partial charge < -0.3 is 15.4 Å². The van der Waals surface area contributed by atoms with E-state index < -0.39 is 0 Å². The molecule has 1 aromatic carbocycles. The first-order chi connectivity index (χ1) is 10.9. The molecule has 0 aromatic heterocycles. The van der Waals surface area contributed by atoms with E-state index in [4.69, 9.17) is 4.74 Å². The topological polar surface area (TPSA) is 50.4 Å². The molecule has 136 valence electrons.